The van der Waals surface area contributed by atoms with Crippen LogP contribution in [0.1, 0.15) is 11.6 Å². The van der Waals surface area contributed by atoms with Gasteiger partial charge in [-0.2, -0.15) is 3.97 Å². The average Bonchev–Trinajstić information content (AvgIpc) is 3.14. The summed E-state index contributed by atoms with van der Waals surface area (Å²) in [6.45, 7) is 0.695. The Morgan fingerprint density at radius 1 is 1.03 bits per heavy atom. The lowest BCUT2D eigenvalue weighted by atomic mass is 10.0. The molecule has 1 atom stereocenters. The van der Waals surface area contributed by atoms with Crippen LogP contribution in [0.2, 0.25) is 5.02 Å². The molecule has 2 N–H and O–H groups in total. The molecule has 11 heteroatoms. The molecule has 4 aromatic rings. The number of fused-ring (bicyclic) bond motifs is 1. The Bertz CT molecular complexity index is 1610. The quantitative estimate of drug-likeness (QED) is 0.412. The zero-order valence-electron chi connectivity index (χ0n) is 19.2. The maximum atomic E-state index is 13.9. The van der Waals surface area contributed by atoms with Crippen molar-refractivity contribution in [1.29, 1.82) is 0 Å². The van der Waals surface area contributed by atoms with Crippen molar-refractivity contribution in [3.8, 4) is 5.75 Å². The van der Waals surface area contributed by atoms with Crippen LogP contribution in [0.25, 0.3) is 11.0 Å². The van der Waals surface area contributed by atoms with Crippen molar-refractivity contribution >= 4 is 38.6 Å². The first-order chi connectivity index (χ1) is 17.2. The molecule has 0 radical (unpaired) electrons. The molecule has 1 aromatic heterocycles. The number of nitrogens with two attached hydrogens (primary N) is 1. The van der Waals surface area contributed by atoms with Gasteiger partial charge < -0.3 is 15.4 Å². The van der Waals surface area contributed by atoms with E-state index in [-0.39, 0.29) is 27.9 Å². The standard InChI is InChI=1S/C25H23ClN4O5S/c1-35-19-8-10-20(11-9-19)36(33,34)30-21-12-7-17(26)13-22(21)29(25(30)32)23(16-5-3-2-4-6-16)24(31)28-14-18(27)15-28/h2-13,18,23H,14-15,27H2,1H3. The summed E-state index contributed by atoms with van der Waals surface area (Å²) in [6, 6.07) is 17.7. The van der Waals surface area contributed by atoms with E-state index < -0.39 is 21.8 Å². The summed E-state index contributed by atoms with van der Waals surface area (Å²) < 4.78 is 34.4. The van der Waals surface area contributed by atoms with E-state index in [4.69, 9.17) is 22.1 Å². The monoisotopic (exact) mass is 526 g/mol. The highest BCUT2D eigenvalue weighted by Crippen LogP contribution is 2.30. The SMILES string of the molecule is COc1ccc(S(=O)(=O)n2c(=O)n(C(C(=O)N3CC(N)C3)c3ccccc3)c3cc(Cl)ccc32)cc1. The van der Waals surface area contributed by atoms with Crippen LogP contribution in [0.5, 0.6) is 5.75 Å². The lowest BCUT2D eigenvalue weighted by molar-refractivity contribution is -0.137. The zero-order valence-corrected chi connectivity index (χ0v) is 20.8. The third-order valence-electron chi connectivity index (χ3n) is 6.22. The summed E-state index contributed by atoms with van der Waals surface area (Å²) in [5.74, 6) is 0.115. The molecule has 1 fully saturated rings. The third kappa shape index (κ3) is 3.97. The molecule has 1 aliphatic heterocycles. The Labute approximate surface area is 212 Å². The average molecular weight is 527 g/mol. The summed E-state index contributed by atoms with van der Waals surface area (Å²) in [7, 11) is -2.87. The summed E-state index contributed by atoms with van der Waals surface area (Å²) in [5, 5.41) is 0.292. The molecule has 36 heavy (non-hydrogen) atoms. The van der Waals surface area contributed by atoms with Crippen molar-refractivity contribution in [2.45, 2.75) is 17.0 Å². The molecular weight excluding hydrogens is 504 g/mol. The van der Waals surface area contributed by atoms with Crippen LogP contribution in [-0.2, 0) is 14.8 Å². The van der Waals surface area contributed by atoms with E-state index in [0.717, 1.165) is 0 Å². The Hall–Kier alpha value is -3.60. The van der Waals surface area contributed by atoms with Crippen LogP contribution in [0.4, 0.5) is 0 Å². The largest absolute Gasteiger partial charge is 0.497 e. The first-order valence-electron chi connectivity index (χ1n) is 11.1. The minimum atomic E-state index is -4.34. The van der Waals surface area contributed by atoms with Gasteiger partial charge in [-0.15, -0.1) is 0 Å². The summed E-state index contributed by atoms with van der Waals surface area (Å²) in [6.07, 6.45) is 0. The number of nitrogens with zero attached hydrogens (tertiary/aromatic N) is 3. The first-order valence-corrected chi connectivity index (χ1v) is 13.0. The van der Waals surface area contributed by atoms with Crippen LogP contribution < -0.4 is 16.2 Å². The van der Waals surface area contributed by atoms with Gasteiger partial charge in [-0.05, 0) is 48.0 Å². The molecule has 0 aliphatic carbocycles. The van der Waals surface area contributed by atoms with Gasteiger partial charge in [0.25, 0.3) is 15.9 Å². The van der Waals surface area contributed by atoms with Gasteiger partial charge in [-0.1, -0.05) is 41.9 Å². The smallest absolute Gasteiger partial charge is 0.344 e. The Morgan fingerprint density at radius 3 is 2.31 bits per heavy atom. The normalized spacial score (nSPS) is 15.0. The van der Waals surface area contributed by atoms with Crippen molar-refractivity contribution in [2.24, 2.45) is 5.73 Å². The molecule has 9 nitrogen and oxygen atoms in total. The van der Waals surface area contributed by atoms with Gasteiger partial charge in [-0.3, -0.25) is 9.36 Å². The number of aromatic nitrogens is 2. The van der Waals surface area contributed by atoms with Crippen LogP contribution in [-0.4, -0.2) is 54.0 Å². The lowest BCUT2D eigenvalue weighted by Gasteiger charge is -2.39. The number of likely N-dealkylation sites (tertiary alicyclic amines) is 1. The highest BCUT2D eigenvalue weighted by atomic mass is 35.5. The third-order valence-corrected chi connectivity index (χ3v) is 8.16. The summed E-state index contributed by atoms with van der Waals surface area (Å²) in [5.41, 5.74) is 5.88. The number of amides is 1. The lowest BCUT2D eigenvalue weighted by Crippen LogP contribution is -2.59. The number of halogens is 1. The molecule has 1 aliphatic rings. The first kappa shape index (κ1) is 24.1. The number of hydrogen-bond donors (Lipinski definition) is 1. The second-order valence-electron chi connectivity index (χ2n) is 8.55. The molecule has 0 saturated carbocycles. The van der Waals surface area contributed by atoms with Gasteiger partial charge >= 0.3 is 5.69 Å². The van der Waals surface area contributed by atoms with Gasteiger partial charge in [0.05, 0.1) is 23.0 Å². The Balaban J connectivity index is 1.77. The van der Waals surface area contributed by atoms with E-state index in [2.05, 4.69) is 0 Å². The minimum Gasteiger partial charge on any atom is -0.497 e. The zero-order chi connectivity index (χ0) is 25.6. The fourth-order valence-corrected chi connectivity index (χ4v) is 5.97. The molecule has 1 amide bonds. The Morgan fingerprint density at radius 2 is 1.69 bits per heavy atom. The van der Waals surface area contributed by atoms with Crippen LogP contribution >= 0.6 is 11.6 Å². The van der Waals surface area contributed by atoms with Crippen LogP contribution in [0.15, 0.2) is 82.5 Å². The van der Waals surface area contributed by atoms with Gasteiger partial charge in [0.1, 0.15) is 11.8 Å². The molecular formula is C25H23ClN4O5S. The topological polar surface area (TPSA) is 117 Å². The van der Waals surface area contributed by atoms with Crippen molar-refractivity contribution in [3.05, 3.63) is 93.9 Å². The van der Waals surface area contributed by atoms with Gasteiger partial charge in [0.2, 0.25) is 0 Å². The molecule has 0 spiro atoms. The van der Waals surface area contributed by atoms with E-state index in [0.29, 0.717) is 33.4 Å². The van der Waals surface area contributed by atoms with Crippen molar-refractivity contribution in [1.82, 2.24) is 13.4 Å². The summed E-state index contributed by atoms with van der Waals surface area (Å²) >= 11 is 6.27. The molecule has 5 rings (SSSR count). The van der Waals surface area contributed by atoms with E-state index in [1.54, 1.807) is 35.2 Å². The van der Waals surface area contributed by atoms with Crippen LogP contribution in [0.3, 0.4) is 0 Å². The fraction of sp³-hybridized carbons (Fsp3) is 0.200. The Kier molecular flexibility index (Phi) is 6.11. The second-order valence-corrected chi connectivity index (χ2v) is 10.8. The van der Waals surface area contributed by atoms with E-state index in [9.17, 15) is 18.0 Å². The number of carbonyl (C=O) groups is 1. The second kappa shape index (κ2) is 9.12. The number of benzene rings is 3. The number of imidazole rings is 1. The number of carbonyl (C=O) groups excluding carboxylic acids is 1. The van der Waals surface area contributed by atoms with Crippen LogP contribution in [0, 0.1) is 0 Å². The molecule has 3 aromatic carbocycles. The maximum absolute atomic E-state index is 13.9. The van der Waals surface area contributed by atoms with E-state index >= 15 is 0 Å². The molecule has 2 heterocycles. The highest BCUT2D eigenvalue weighted by Gasteiger charge is 2.37. The van der Waals surface area contributed by atoms with E-state index in [1.165, 1.54) is 54.1 Å². The van der Waals surface area contributed by atoms with E-state index in [1.807, 2.05) is 0 Å². The number of methoxy groups -OCH3 is 1. The molecule has 1 unspecified atom stereocenters. The maximum Gasteiger partial charge on any atom is 0.344 e. The van der Waals surface area contributed by atoms with Crippen molar-refractivity contribution < 1.29 is 17.9 Å². The predicted molar refractivity (Wildman–Crippen MR) is 136 cm³/mol. The number of rotatable bonds is 6. The van der Waals surface area contributed by atoms with Gasteiger partial charge in [0, 0.05) is 24.2 Å². The molecule has 1 saturated heterocycles. The van der Waals surface area contributed by atoms with Crippen molar-refractivity contribution in [3.63, 3.8) is 0 Å². The predicted octanol–water partition coefficient (Wildman–Crippen LogP) is 2.46. The fourth-order valence-electron chi connectivity index (χ4n) is 4.40. The highest BCUT2D eigenvalue weighted by molar-refractivity contribution is 7.90. The van der Waals surface area contributed by atoms with Gasteiger partial charge in [0.15, 0.2) is 0 Å². The summed E-state index contributed by atoms with van der Waals surface area (Å²) in [4.78, 5) is 29.1. The van der Waals surface area contributed by atoms with Gasteiger partial charge in [-0.25, -0.2) is 13.2 Å². The minimum absolute atomic E-state index is 0.101. The number of ether oxygens (including phenoxy) is 1. The molecule has 186 valence electrons. The van der Waals surface area contributed by atoms with Crippen molar-refractivity contribution in [2.75, 3.05) is 20.2 Å². The molecule has 0 bridgehead atoms. The number of hydrogen-bond acceptors (Lipinski definition) is 6.